The van der Waals surface area contributed by atoms with E-state index in [0.29, 0.717) is 11.8 Å². The van der Waals surface area contributed by atoms with Gasteiger partial charge in [-0.2, -0.15) is 0 Å². The first-order chi connectivity index (χ1) is 8.43. The van der Waals surface area contributed by atoms with Gasteiger partial charge in [-0.1, -0.05) is 26.3 Å². The zero-order chi connectivity index (χ0) is 13.1. The van der Waals surface area contributed by atoms with E-state index in [0.717, 1.165) is 31.1 Å². The van der Waals surface area contributed by atoms with Gasteiger partial charge in [0.1, 0.15) is 6.29 Å². The molecule has 18 heavy (non-hydrogen) atoms. The standard InChI is InChI=1S/C15H22O3/c1-8-10-5-15(2,3)6-11(10)12(7-16)9-4-13(8)18-14(9)17/h7-10,13-14,17H,4-6H2,1-3H3/t8-,9+,10+,13-,14-/m0/s1. The molecule has 100 valence electrons. The molecule has 0 unspecified atom stereocenters. The van der Waals surface area contributed by atoms with Gasteiger partial charge in [0.05, 0.1) is 6.10 Å². The lowest BCUT2D eigenvalue weighted by Crippen LogP contribution is -2.27. The normalized spacial score (nSPS) is 45.9. The van der Waals surface area contributed by atoms with Crippen molar-refractivity contribution >= 4 is 6.29 Å². The molecule has 1 saturated heterocycles. The fraction of sp³-hybridized carbons (Fsp3) is 0.800. The first-order valence-corrected chi connectivity index (χ1v) is 6.94. The number of hydrogen-bond acceptors (Lipinski definition) is 3. The van der Waals surface area contributed by atoms with Crippen LogP contribution in [0.25, 0.3) is 0 Å². The lowest BCUT2D eigenvalue weighted by molar-refractivity contribution is -0.124. The summed E-state index contributed by atoms with van der Waals surface area (Å²) in [4.78, 5) is 11.5. The summed E-state index contributed by atoms with van der Waals surface area (Å²) < 4.78 is 5.65. The van der Waals surface area contributed by atoms with E-state index < -0.39 is 6.29 Å². The number of ether oxygens (including phenoxy) is 1. The maximum absolute atomic E-state index is 11.5. The molecular weight excluding hydrogens is 228 g/mol. The third kappa shape index (κ3) is 1.68. The number of aliphatic hydroxyl groups excluding tert-OH is 1. The largest absolute Gasteiger partial charge is 0.367 e. The van der Waals surface area contributed by atoms with Crippen LogP contribution in [0.4, 0.5) is 0 Å². The molecule has 3 heteroatoms. The van der Waals surface area contributed by atoms with Crippen LogP contribution in [0.3, 0.4) is 0 Å². The summed E-state index contributed by atoms with van der Waals surface area (Å²) in [5.74, 6) is 0.769. The minimum Gasteiger partial charge on any atom is -0.367 e. The number of allylic oxidation sites excluding steroid dienone is 1. The molecule has 2 bridgehead atoms. The summed E-state index contributed by atoms with van der Waals surface area (Å²) in [5, 5.41) is 9.98. The maximum atomic E-state index is 11.5. The van der Waals surface area contributed by atoms with Crippen LogP contribution in [0, 0.1) is 23.2 Å². The van der Waals surface area contributed by atoms with E-state index >= 15 is 0 Å². The third-order valence-electron chi connectivity index (χ3n) is 5.15. The predicted octanol–water partition coefficient (Wildman–Crippen LogP) is 2.29. The van der Waals surface area contributed by atoms with Gasteiger partial charge in [0, 0.05) is 5.92 Å². The average Bonchev–Trinajstić information content (AvgIpc) is 2.78. The van der Waals surface area contributed by atoms with E-state index in [1.807, 2.05) is 0 Å². The van der Waals surface area contributed by atoms with Crippen LogP contribution in [0.1, 0.15) is 40.0 Å². The maximum Gasteiger partial charge on any atom is 0.161 e. The van der Waals surface area contributed by atoms with Gasteiger partial charge in [0.15, 0.2) is 6.29 Å². The van der Waals surface area contributed by atoms with Crippen molar-refractivity contribution in [2.24, 2.45) is 23.2 Å². The lowest BCUT2D eigenvalue weighted by atomic mass is 9.83. The molecule has 2 aliphatic carbocycles. The molecular formula is C15H22O3. The minimum atomic E-state index is -0.783. The van der Waals surface area contributed by atoms with Crippen molar-refractivity contribution in [3.05, 3.63) is 11.1 Å². The van der Waals surface area contributed by atoms with Crippen LogP contribution in [-0.2, 0) is 9.53 Å². The highest BCUT2D eigenvalue weighted by molar-refractivity contribution is 5.76. The Morgan fingerprint density at radius 1 is 1.39 bits per heavy atom. The van der Waals surface area contributed by atoms with Crippen LogP contribution >= 0.6 is 0 Å². The molecule has 3 aliphatic rings. The van der Waals surface area contributed by atoms with Gasteiger partial charge in [0.25, 0.3) is 0 Å². The second-order valence-electron chi connectivity index (χ2n) is 7.02. The zero-order valence-corrected chi connectivity index (χ0v) is 11.3. The summed E-state index contributed by atoms with van der Waals surface area (Å²) in [6.07, 6.45) is 3.22. The molecule has 1 aliphatic heterocycles. The zero-order valence-electron chi connectivity index (χ0n) is 11.3. The van der Waals surface area contributed by atoms with Crippen LogP contribution in [0.2, 0.25) is 0 Å². The SMILES string of the molecule is C[C@@H]1[C@@H]2C[C@H](C(C=O)=C3CC(C)(C)C[C@@H]31)[C@@H](O)O2. The summed E-state index contributed by atoms with van der Waals surface area (Å²) in [6.45, 7) is 6.74. The minimum absolute atomic E-state index is 0.0937. The van der Waals surface area contributed by atoms with Gasteiger partial charge < -0.3 is 9.84 Å². The number of fused-ring (bicyclic) bond motifs is 3. The fourth-order valence-electron chi connectivity index (χ4n) is 4.23. The highest BCUT2D eigenvalue weighted by atomic mass is 16.6. The Balaban J connectivity index is 2.09. The molecule has 1 heterocycles. The molecule has 0 aromatic carbocycles. The second-order valence-corrected chi connectivity index (χ2v) is 7.02. The van der Waals surface area contributed by atoms with Crippen molar-refractivity contribution < 1.29 is 14.6 Å². The molecule has 0 radical (unpaired) electrons. The van der Waals surface area contributed by atoms with Gasteiger partial charge in [-0.05, 0) is 42.1 Å². The van der Waals surface area contributed by atoms with Gasteiger partial charge in [-0.3, -0.25) is 4.79 Å². The third-order valence-corrected chi connectivity index (χ3v) is 5.15. The van der Waals surface area contributed by atoms with Gasteiger partial charge in [-0.15, -0.1) is 0 Å². The van der Waals surface area contributed by atoms with Gasteiger partial charge in [0.2, 0.25) is 0 Å². The Bertz CT molecular complexity index is 410. The smallest absolute Gasteiger partial charge is 0.161 e. The monoisotopic (exact) mass is 250 g/mol. The van der Waals surface area contributed by atoms with E-state index in [1.165, 1.54) is 5.57 Å². The molecule has 0 aromatic rings. The molecule has 3 nitrogen and oxygen atoms in total. The van der Waals surface area contributed by atoms with Crippen molar-refractivity contribution in [3.8, 4) is 0 Å². The Labute approximate surface area is 108 Å². The van der Waals surface area contributed by atoms with E-state index in [9.17, 15) is 9.90 Å². The molecule has 2 fully saturated rings. The van der Waals surface area contributed by atoms with E-state index in [2.05, 4.69) is 20.8 Å². The second kappa shape index (κ2) is 3.91. The molecule has 1 N–H and O–H groups in total. The van der Waals surface area contributed by atoms with Crippen molar-refractivity contribution in [1.82, 2.24) is 0 Å². The molecule has 1 saturated carbocycles. The molecule has 0 spiro atoms. The van der Waals surface area contributed by atoms with Crippen molar-refractivity contribution in [1.29, 1.82) is 0 Å². The number of hydrogen-bond donors (Lipinski definition) is 1. The fourth-order valence-corrected chi connectivity index (χ4v) is 4.23. The van der Waals surface area contributed by atoms with E-state index in [-0.39, 0.29) is 17.4 Å². The first kappa shape index (κ1) is 12.4. The summed E-state index contributed by atoms with van der Waals surface area (Å²) >= 11 is 0. The summed E-state index contributed by atoms with van der Waals surface area (Å²) in [6, 6.07) is 0. The molecule has 5 atom stereocenters. The lowest BCUT2D eigenvalue weighted by Gasteiger charge is -2.27. The molecule has 0 amide bonds. The molecule has 0 aromatic heterocycles. The van der Waals surface area contributed by atoms with Crippen LogP contribution in [-0.4, -0.2) is 23.8 Å². The van der Waals surface area contributed by atoms with Crippen molar-refractivity contribution in [2.45, 2.75) is 52.4 Å². The number of aliphatic hydroxyl groups is 1. The Kier molecular flexibility index (Phi) is 2.69. The summed E-state index contributed by atoms with van der Waals surface area (Å²) in [5.41, 5.74) is 2.41. The summed E-state index contributed by atoms with van der Waals surface area (Å²) in [7, 11) is 0. The number of carbonyl (C=O) groups is 1. The van der Waals surface area contributed by atoms with Crippen molar-refractivity contribution in [3.63, 3.8) is 0 Å². The highest BCUT2D eigenvalue weighted by Gasteiger charge is 2.50. The molecule has 3 rings (SSSR count). The van der Waals surface area contributed by atoms with Gasteiger partial charge in [-0.25, -0.2) is 0 Å². The number of rotatable bonds is 1. The Morgan fingerprint density at radius 2 is 2.11 bits per heavy atom. The Morgan fingerprint density at radius 3 is 2.78 bits per heavy atom. The van der Waals surface area contributed by atoms with E-state index in [1.54, 1.807) is 0 Å². The van der Waals surface area contributed by atoms with Crippen molar-refractivity contribution in [2.75, 3.05) is 0 Å². The Hall–Kier alpha value is -0.670. The number of aldehydes is 1. The topological polar surface area (TPSA) is 46.5 Å². The average molecular weight is 250 g/mol. The van der Waals surface area contributed by atoms with Crippen LogP contribution in [0.15, 0.2) is 11.1 Å². The van der Waals surface area contributed by atoms with Crippen LogP contribution in [0.5, 0.6) is 0 Å². The first-order valence-electron chi connectivity index (χ1n) is 6.94. The predicted molar refractivity (Wildman–Crippen MR) is 67.7 cm³/mol. The van der Waals surface area contributed by atoms with Gasteiger partial charge >= 0.3 is 0 Å². The quantitative estimate of drug-likeness (QED) is 0.726. The highest BCUT2D eigenvalue weighted by Crippen LogP contribution is 2.54. The number of carbonyl (C=O) groups excluding carboxylic acids is 1. The van der Waals surface area contributed by atoms with E-state index in [4.69, 9.17) is 4.74 Å². The van der Waals surface area contributed by atoms with Crippen LogP contribution < -0.4 is 0 Å².